The Morgan fingerprint density at radius 3 is 2.17 bits per heavy atom. The number of benzene rings is 1. The summed E-state index contributed by atoms with van der Waals surface area (Å²) in [6, 6.07) is 6.00. The lowest BCUT2D eigenvalue weighted by atomic mass is 10.0. The van der Waals surface area contributed by atoms with E-state index in [0.717, 1.165) is 11.3 Å². The number of anilines is 1. The van der Waals surface area contributed by atoms with Crippen LogP contribution < -0.4 is 16.0 Å². The van der Waals surface area contributed by atoms with Crippen molar-refractivity contribution in [3.05, 3.63) is 29.8 Å². The third kappa shape index (κ3) is 9.13. The molecule has 2 atom stereocenters. The molecular weight excluding hydrogens is 609 g/mol. The van der Waals surface area contributed by atoms with Crippen molar-refractivity contribution in [1.29, 1.82) is 0 Å². The van der Waals surface area contributed by atoms with Gasteiger partial charge in [0.15, 0.2) is 0 Å². The Kier molecular flexibility index (Phi) is 13.4. The average molecular weight is 647 g/mol. The van der Waals surface area contributed by atoms with E-state index in [0.29, 0.717) is 44.2 Å². The third-order valence-electron chi connectivity index (χ3n) is 6.79. The number of rotatable bonds is 16. The SMILES string of the molecule is N[C@@H](Cc1ccc(N(CCCl)CCCl)cc1)C(=O)N1CCC[C@H]1C(=O)NCCCCC(O)(P(=O)(O)O)P(=O)(O)O. The van der Waals surface area contributed by atoms with Crippen LogP contribution in [0.3, 0.4) is 0 Å². The van der Waals surface area contributed by atoms with Crippen LogP contribution in [0.15, 0.2) is 24.3 Å². The van der Waals surface area contributed by atoms with Crippen LogP contribution in [-0.4, -0.2) is 96.5 Å². The lowest BCUT2D eigenvalue weighted by Gasteiger charge is -2.29. The zero-order chi connectivity index (χ0) is 30.1. The molecule has 2 amide bonds. The second kappa shape index (κ2) is 15.3. The van der Waals surface area contributed by atoms with Crippen molar-refractivity contribution in [3.8, 4) is 0 Å². The maximum atomic E-state index is 13.1. The Morgan fingerprint density at radius 2 is 1.65 bits per heavy atom. The van der Waals surface area contributed by atoms with Crippen LogP contribution in [0.25, 0.3) is 0 Å². The molecule has 2 rings (SSSR count). The third-order valence-corrected chi connectivity index (χ3v) is 11.0. The number of nitrogens with zero attached hydrogens (tertiary/aromatic N) is 2. The highest BCUT2D eigenvalue weighted by atomic mass is 35.5. The summed E-state index contributed by atoms with van der Waals surface area (Å²) in [6.07, 6.45) is 0.360. The van der Waals surface area contributed by atoms with Crippen LogP contribution >= 0.6 is 38.4 Å². The predicted molar refractivity (Wildman–Crippen MR) is 152 cm³/mol. The molecule has 40 heavy (non-hydrogen) atoms. The number of halogens is 2. The summed E-state index contributed by atoms with van der Waals surface area (Å²) < 4.78 is 22.9. The van der Waals surface area contributed by atoms with E-state index in [1.54, 1.807) is 0 Å². The van der Waals surface area contributed by atoms with E-state index in [9.17, 15) is 43.4 Å². The molecule has 17 heteroatoms. The van der Waals surface area contributed by atoms with Gasteiger partial charge in [-0.05, 0) is 56.2 Å². The Bertz CT molecular complexity index is 1060. The first-order valence-electron chi connectivity index (χ1n) is 12.8. The molecule has 1 fully saturated rings. The van der Waals surface area contributed by atoms with E-state index in [1.807, 2.05) is 24.3 Å². The first kappa shape index (κ1) is 35.0. The van der Waals surface area contributed by atoms with Gasteiger partial charge in [0.2, 0.25) is 11.8 Å². The number of alkyl halides is 2. The summed E-state index contributed by atoms with van der Waals surface area (Å²) in [5, 5.41) is 9.07. The van der Waals surface area contributed by atoms with Crippen LogP contribution in [0.2, 0.25) is 0 Å². The number of hydrogen-bond donors (Lipinski definition) is 7. The molecule has 1 aromatic carbocycles. The van der Waals surface area contributed by atoms with E-state index in [1.165, 1.54) is 4.90 Å². The highest BCUT2D eigenvalue weighted by Crippen LogP contribution is 2.69. The predicted octanol–water partition coefficient (Wildman–Crippen LogP) is 1.12. The molecule has 0 aliphatic carbocycles. The maximum Gasteiger partial charge on any atom is 0.369 e. The monoisotopic (exact) mass is 646 g/mol. The number of carbonyl (C=O) groups excluding carboxylic acids is 2. The van der Waals surface area contributed by atoms with Gasteiger partial charge in [-0.2, -0.15) is 0 Å². The minimum Gasteiger partial charge on any atom is -0.369 e. The summed E-state index contributed by atoms with van der Waals surface area (Å²) in [5.41, 5.74) is 8.02. The van der Waals surface area contributed by atoms with Gasteiger partial charge in [-0.25, -0.2) is 0 Å². The molecule has 1 aromatic rings. The molecule has 0 unspecified atom stereocenters. The van der Waals surface area contributed by atoms with Crippen LogP contribution in [0, 0.1) is 0 Å². The molecule has 0 aromatic heterocycles. The van der Waals surface area contributed by atoms with Gasteiger partial charge < -0.3 is 45.5 Å². The molecule has 1 saturated heterocycles. The minimum atomic E-state index is -5.52. The second-order valence-corrected chi connectivity index (χ2v) is 14.4. The summed E-state index contributed by atoms with van der Waals surface area (Å²) >= 11 is 11.7. The fraction of sp³-hybridized carbons (Fsp3) is 0.652. The number of aliphatic hydroxyl groups is 1. The average Bonchev–Trinajstić information content (AvgIpc) is 3.37. The van der Waals surface area contributed by atoms with E-state index in [-0.39, 0.29) is 31.7 Å². The van der Waals surface area contributed by atoms with Gasteiger partial charge in [0.25, 0.3) is 5.08 Å². The van der Waals surface area contributed by atoms with Gasteiger partial charge in [-0.1, -0.05) is 12.1 Å². The van der Waals surface area contributed by atoms with Crippen LogP contribution in [0.1, 0.15) is 37.7 Å². The van der Waals surface area contributed by atoms with E-state index in [2.05, 4.69) is 10.2 Å². The van der Waals surface area contributed by atoms with Gasteiger partial charge in [0.05, 0.1) is 6.04 Å². The van der Waals surface area contributed by atoms with Gasteiger partial charge in [-0.15, -0.1) is 23.2 Å². The van der Waals surface area contributed by atoms with Crippen molar-refractivity contribution in [2.75, 3.05) is 42.8 Å². The van der Waals surface area contributed by atoms with Crippen molar-refractivity contribution in [2.24, 2.45) is 5.73 Å². The second-order valence-electron chi connectivity index (χ2n) is 9.64. The van der Waals surface area contributed by atoms with E-state index in [4.69, 9.17) is 28.9 Å². The molecule has 0 radical (unpaired) electrons. The molecule has 1 aliphatic rings. The normalized spacial score (nSPS) is 17.1. The molecular formula is C23H38Cl2N4O9P2. The first-order valence-corrected chi connectivity index (χ1v) is 17.1. The van der Waals surface area contributed by atoms with E-state index >= 15 is 0 Å². The molecule has 0 spiro atoms. The molecule has 0 bridgehead atoms. The number of carbonyl (C=O) groups is 2. The molecule has 1 heterocycles. The van der Waals surface area contributed by atoms with Crippen LogP contribution in [0.4, 0.5) is 5.69 Å². The van der Waals surface area contributed by atoms with Gasteiger partial charge in [-0.3, -0.25) is 18.7 Å². The summed E-state index contributed by atoms with van der Waals surface area (Å²) in [6.45, 7) is 1.67. The van der Waals surface area contributed by atoms with Gasteiger partial charge >= 0.3 is 15.2 Å². The lowest BCUT2D eigenvalue weighted by Crippen LogP contribution is -2.51. The number of nitrogens with two attached hydrogens (primary N) is 1. The minimum absolute atomic E-state index is 0.0125. The van der Waals surface area contributed by atoms with Crippen molar-refractivity contribution < 1.29 is 43.4 Å². The van der Waals surface area contributed by atoms with Gasteiger partial charge in [0, 0.05) is 43.6 Å². The molecule has 0 saturated carbocycles. The molecule has 228 valence electrons. The first-order chi connectivity index (χ1) is 18.7. The highest BCUT2D eigenvalue weighted by Gasteiger charge is 2.58. The maximum absolute atomic E-state index is 13.1. The van der Waals surface area contributed by atoms with Gasteiger partial charge in [0.1, 0.15) is 6.04 Å². The highest BCUT2D eigenvalue weighted by molar-refractivity contribution is 7.72. The van der Waals surface area contributed by atoms with E-state index < -0.39 is 44.7 Å². The summed E-state index contributed by atoms with van der Waals surface area (Å²) in [7, 11) is -11.0. The van der Waals surface area contributed by atoms with Crippen molar-refractivity contribution in [1.82, 2.24) is 10.2 Å². The zero-order valence-electron chi connectivity index (χ0n) is 21.9. The van der Waals surface area contributed by atoms with Crippen molar-refractivity contribution in [2.45, 2.75) is 55.7 Å². The van der Waals surface area contributed by atoms with Crippen molar-refractivity contribution >= 4 is 55.9 Å². The number of likely N-dealkylation sites (tertiary alicyclic amines) is 1. The molecule has 13 nitrogen and oxygen atoms in total. The number of unbranched alkanes of at least 4 members (excludes halogenated alkanes) is 1. The number of hydrogen-bond acceptors (Lipinski definition) is 7. The lowest BCUT2D eigenvalue weighted by molar-refractivity contribution is -0.139. The summed E-state index contributed by atoms with van der Waals surface area (Å²) in [4.78, 5) is 66.1. The Hall–Kier alpha value is -1.24. The fourth-order valence-corrected chi connectivity index (χ4v) is 7.22. The Balaban J connectivity index is 1.89. The Morgan fingerprint density at radius 1 is 1.07 bits per heavy atom. The fourth-order valence-electron chi connectivity index (χ4n) is 4.55. The van der Waals surface area contributed by atoms with Crippen LogP contribution in [-0.2, 0) is 25.1 Å². The topological polar surface area (TPSA) is 214 Å². The molecule has 1 aliphatic heterocycles. The largest absolute Gasteiger partial charge is 0.369 e. The van der Waals surface area contributed by atoms with Crippen LogP contribution in [0.5, 0.6) is 0 Å². The van der Waals surface area contributed by atoms with Crippen molar-refractivity contribution in [3.63, 3.8) is 0 Å². The number of nitrogens with one attached hydrogen (secondary N) is 1. The summed E-state index contributed by atoms with van der Waals surface area (Å²) in [5.74, 6) is 0.125. The Labute approximate surface area is 243 Å². The smallest absolute Gasteiger partial charge is 0.369 e. The molecule has 8 N–H and O–H groups in total. The standard InChI is InChI=1S/C23H38Cl2N4O9P2/c24-10-14-28(15-11-25)18-7-5-17(6-8-18)16-19(26)22(31)29-13-3-4-20(29)21(30)27-12-2-1-9-23(32,39(33,34)35)40(36,37)38/h5-8,19-20,32H,1-4,9-16,26H2,(H,27,30)(H2,33,34,35)(H2,36,37,38)/t19-,20-/m0/s1. The number of amides is 2. The zero-order valence-corrected chi connectivity index (χ0v) is 25.2. The quantitative estimate of drug-likeness (QED) is 0.0767.